The maximum Gasteiger partial charge on any atom is 0.257 e. The molecular formula is C17H21N3O. The van der Waals surface area contributed by atoms with Crippen molar-refractivity contribution in [2.75, 3.05) is 24.5 Å². The molecule has 2 N–H and O–H groups in total. The van der Waals surface area contributed by atoms with Gasteiger partial charge in [-0.3, -0.25) is 4.79 Å². The van der Waals surface area contributed by atoms with Crippen molar-refractivity contribution >= 4 is 16.6 Å². The molecule has 2 atom stereocenters. The van der Waals surface area contributed by atoms with E-state index in [1.807, 2.05) is 24.3 Å². The second-order valence-corrected chi connectivity index (χ2v) is 6.86. The van der Waals surface area contributed by atoms with Gasteiger partial charge in [0, 0.05) is 30.6 Å². The van der Waals surface area contributed by atoms with Gasteiger partial charge in [-0.1, -0.05) is 18.2 Å². The second-order valence-electron chi connectivity index (χ2n) is 6.86. The maximum atomic E-state index is 12.3. The number of hydrogen-bond acceptors (Lipinski definition) is 3. The van der Waals surface area contributed by atoms with Gasteiger partial charge in [0.1, 0.15) is 5.82 Å². The Labute approximate surface area is 124 Å². The quantitative estimate of drug-likeness (QED) is 0.841. The average Bonchev–Trinajstić information content (AvgIpc) is 3.01. The van der Waals surface area contributed by atoms with E-state index in [-0.39, 0.29) is 11.1 Å². The molecule has 4 heteroatoms. The van der Waals surface area contributed by atoms with Crippen molar-refractivity contribution in [3.63, 3.8) is 0 Å². The van der Waals surface area contributed by atoms with Gasteiger partial charge in [-0.05, 0) is 43.2 Å². The summed E-state index contributed by atoms with van der Waals surface area (Å²) in [5, 5.41) is 5.27. The molecule has 0 amide bonds. The van der Waals surface area contributed by atoms with Crippen molar-refractivity contribution in [2.24, 2.45) is 11.8 Å². The molecule has 4 rings (SSSR count). The predicted octanol–water partition coefficient (Wildman–Crippen LogP) is 1.96. The fourth-order valence-corrected chi connectivity index (χ4v) is 4.17. The average molecular weight is 283 g/mol. The fourth-order valence-electron chi connectivity index (χ4n) is 4.17. The SMILES string of the molecule is CC1(C)C2CNCC2CN1c1cc2ccccc2c(=O)[nH]1. The number of nitrogens with one attached hydrogen (secondary N) is 2. The van der Waals surface area contributed by atoms with Crippen molar-refractivity contribution in [2.45, 2.75) is 19.4 Å². The summed E-state index contributed by atoms with van der Waals surface area (Å²) in [6.45, 7) is 7.75. The lowest BCUT2D eigenvalue weighted by molar-refractivity contribution is 0.356. The highest BCUT2D eigenvalue weighted by atomic mass is 16.1. The van der Waals surface area contributed by atoms with E-state index in [0.29, 0.717) is 11.8 Å². The molecule has 2 saturated heterocycles. The molecule has 2 unspecified atom stereocenters. The molecule has 0 bridgehead atoms. The topological polar surface area (TPSA) is 48.1 Å². The Morgan fingerprint density at radius 1 is 1.24 bits per heavy atom. The van der Waals surface area contributed by atoms with Crippen molar-refractivity contribution in [1.82, 2.24) is 10.3 Å². The Kier molecular flexibility index (Phi) is 2.67. The summed E-state index contributed by atoms with van der Waals surface area (Å²) in [5.74, 6) is 2.28. The molecule has 2 aromatic rings. The van der Waals surface area contributed by atoms with E-state index in [0.717, 1.165) is 36.2 Å². The van der Waals surface area contributed by atoms with Gasteiger partial charge in [0.2, 0.25) is 0 Å². The van der Waals surface area contributed by atoms with Crippen LogP contribution < -0.4 is 15.8 Å². The number of aromatic amines is 1. The van der Waals surface area contributed by atoms with Crippen LogP contribution in [-0.2, 0) is 0 Å². The van der Waals surface area contributed by atoms with Crippen LogP contribution in [0.2, 0.25) is 0 Å². The van der Waals surface area contributed by atoms with Gasteiger partial charge in [-0.25, -0.2) is 0 Å². The number of nitrogens with zero attached hydrogens (tertiary/aromatic N) is 1. The van der Waals surface area contributed by atoms with Crippen molar-refractivity contribution in [1.29, 1.82) is 0 Å². The summed E-state index contributed by atoms with van der Waals surface area (Å²) in [7, 11) is 0. The summed E-state index contributed by atoms with van der Waals surface area (Å²) in [4.78, 5) is 17.8. The summed E-state index contributed by atoms with van der Waals surface area (Å²) in [6.07, 6.45) is 0. The van der Waals surface area contributed by atoms with Gasteiger partial charge in [-0.2, -0.15) is 0 Å². The summed E-state index contributed by atoms with van der Waals surface area (Å²) < 4.78 is 0. The number of hydrogen-bond donors (Lipinski definition) is 2. The molecule has 1 aromatic carbocycles. The van der Waals surface area contributed by atoms with Gasteiger partial charge in [0.25, 0.3) is 5.56 Å². The first-order valence-electron chi connectivity index (χ1n) is 7.68. The summed E-state index contributed by atoms with van der Waals surface area (Å²) >= 11 is 0. The van der Waals surface area contributed by atoms with Crippen LogP contribution >= 0.6 is 0 Å². The van der Waals surface area contributed by atoms with E-state index in [2.05, 4.69) is 35.1 Å². The molecule has 0 saturated carbocycles. The van der Waals surface area contributed by atoms with Crippen LogP contribution in [0, 0.1) is 11.8 Å². The zero-order valence-corrected chi connectivity index (χ0v) is 12.5. The lowest BCUT2D eigenvalue weighted by Gasteiger charge is -2.37. The molecule has 2 aliphatic rings. The Bertz CT molecular complexity index is 749. The van der Waals surface area contributed by atoms with E-state index in [9.17, 15) is 4.79 Å². The van der Waals surface area contributed by atoms with Crippen molar-refractivity contribution in [3.8, 4) is 0 Å². The van der Waals surface area contributed by atoms with E-state index < -0.39 is 0 Å². The fraction of sp³-hybridized carbons (Fsp3) is 0.471. The highest BCUT2D eigenvalue weighted by Gasteiger charge is 2.49. The Morgan fingerprint density at radius 3 is 2.86 bits per heavy atom. The monoisotopic (exact) mass is 283 g/mol. The van der Waals surface area contributed by atoms with Crippen LogP contribution in [-0.4, -0.2) is 30.2 Å². The minimum Gasteiger partial charge on any atom is -0.352 e. The number of rotatable bonds is 1. The Balaban J connectivity index is 1.82. The van der Waals surface area contributed by atoms with Gasteiger partial charge in [0.15, 0.2) is 0 Å². The first-order valence-corrected chi connectivity index (χ1v) is 7.68. The van der Waals surface area contributed by atoms with E-state index in [4.69, 9.17) is 0 Å². The minimum absolute atomic E-state index is 0.00841. The highest BCUT2D eigenvalue weighted by Crippen LogP contribution is 2.42. The molecule has 3 heterocycles. The molecule has 0 radical (unpaired) electrons. The van der Waals surface area contributed by atoms with Crippen LogP contribution in [0.5, 0.6) is 0 Å². The van der Waals surface area contributed by atoms with Crippen LogP contribution in [0.25, 0.3) is 10.8 Å². The molecule has 1 aromatic heterocycles. The molecule has 0 aliphatic carbocycles. The molecule has 21 heavy (non-hydrogen) atoms. The van der Waals surface area contributed by atoms with E-state index in [1.54, 1.807) is 0 Å². The van der Waals surface area contributed by atoms with Crippen molar-refractivity contribution < 1.29 is 0 Å². The smallest absolute Gasteiger partial charge is 0.257 e. The molecule has 0 spiro atoms. The summed E-state index contributed by atoms with van der Waals surface area (Å²) in [6, 6.07) is 9.91. The molecule has 2 fully saturated rings. The largest absolute Gasteiger partial charge is 0.352 e. The standard InChI is InChI=1S/C17H21N3O/c1-17(2)14-9-18-8-12(14)10-20(17)15-7-11-5-3-4-6-13(11)16(21)19-15/h3-7,12,14,18H,8-10H2,1-2H3,(H,19,21). The lowest BCUT2D eigenvalue weighted by Crippen LogP contribution is -2.45. The van der Waals surface area contributed by atoms with Crippen LogP contribution in [0.1, 0.15) is 13.8 Å². The van der Waals surface area contributed by atoms with Crippen LogP contribution in [0.4, 0.5) is 5.82 Å². The minimum atomic E-state index is 0.00841. The first kappa shape index (κ1) is 12.9. The maximum absolute atomic E-state index is 12.3. The van der Waals surface area contributed by atoms with E-state index >= 15 is 0 Å². The normalized spacial score (nSPS) is 27.2. The Morgan fingerprint density at radius 2 is 2.05 bits per heavy atom. The van der Waals surface area contributed by atoms with Gasteiger partial charge in [-0.15, -0.1) is 0 Å². The number of aromatic nitrogens is 1. The van der Waals surface area contributed by atoms with Crippen LogP contribution in [0.3, 0.4) is 0 Å². The molecular weight excluding hydrogens is 262 g/mol. The lowest BCUT2D eigenvalue weighted by atomic mass is 9.85. The molecule has 4 nitrogen and oxygen atoms in total. The number of pyridine rings is 1. The van der Waals surface area contributed by atoms with Crippen LogP contribution in [0.15, 0.2) is 35.1 Å². The number of benzene rings is 1. The highest BCUT2D eigenvalue weighted by molar-refractivity contribution is 5.84. The third-order valence-electron chi connectivity index (χ3n) is 5.39. The number of anilines is 1. The Hall–Kier alpha value is -1.81. The predicted molar refractivity (Wildman–Crippen MR) is 85.8 cm³/mol. The molecule has 2 aliphatic heterocycles. The molecule has 110 valence electrons. The third kappa shape index (κ3) is 1.82. The van der Waals surface area contributed by atoms with E-state index in [1.165, 1.54) is 0 Å². The number of fused-ring (bicyclic) bond motifs is 2. The zero-order chi connectivity index (χ0) is 14.6. The van der Waals surface area contributed by atoms with Gasteiger partial charge < -0.3 is 15.2 Å². The van der Waals surface area contributed by atoms with Gasteiger partial charge in [0.05, 0.1) is 0 Å². The third-order valence-corrected chi connectivity index (χ3v) is 5.39. The second kappa shape index (κ2) is 4.34. The van der Waals surface area contributed by atoms with Gasteiger partial charge >= 0.3 is 0 Å². The first-order chi connectivity index (χ1) is 10.1. The zero-order valence-electron chi connectivity index (χ0n) is 12.5. The number of H-pyrrole nitrogens is 1. The summed E-state index contributed by atoms with van der Waals surface area (Å²) in [5.41, 5.74) is 0.0774. The van der Waals surface area contributed by atoms with Crippen molar-refractivity contribution in [3.05, 3.63) is 40.7 Å².